The van der Waals surface area contributed by atoms with Crippen molar-refractivity contribution in [1.82, 2.24) is 14.7 Å². The number of aromatic nitrogens is 2. The third-order valence-corrected chi connectivity index (χ3v) is 3.52. The Kier molecular flexibility index (Phi) is 3.78. The molecule has 2 rings (SSSR count). The number of nitrogens with zero attached hydrogens (tertiary/aromatic N) is 2. The second-order valence-electron chi connectivity index (χ2n) is 4.11. The molecule has 1 unspecified atom stereocenters. The van der Waals surface area contributed by atoms with Crippen molar-refractivity contribution in [1.29, 1.82) is 0 Å². The van der Waals surface area contributed by atoms with E-state index in [-0.39, 0.29) is 6.61 Å². The van der Waals surface area contributed by atoms with Crippen LogP contribution in [0.3, 0.4) is 0 Å². The summed E-state index contributed by atoms with van der Waals surface area (Å²) in [4.78, 5) is 6.71. The summed E-state index contributed by atoms with van der Waals surface area (Å²) in [6.07, 6.45) is 1.36. The quantitative estimate of drug-likeness (QED) is 0.726. The van der Waals surface area contributed by atoms with E-state index in [9.17, 15) is 5.11 Å². The number of aliphatic hydroxyl groups excluding tert-OH is 2. The molecule has 0 amide bonds. The van der Waals surface area contributed by atoms with Crippen LogP contribution >= 0.6 is 11.3 Å². The molecule has 0 saturated heterocycles. The summed E-state index contributed by atoms with van der Waals surface area (Å²) >= 11 is 1.67. The second kappa shape index (κ2) is 5.14. The molecule has 0 spiro atoms. The van der Waals surface area contributed by atoms with Crippen LogP contribution in [0.15, 0.2) is 6.20 Å². The average molecular weight is 255 g/mol. The van der Waals surface area contributed by atoms with Crippen LogP contribution in [-0.4, -0.2) is 38.9 Å². The highest BCUT2D eigenvalue weighted by Gasteiger charge is 2.11. The van der Waals surface area contributed by atoms with Gasteiger partial charge in [-0.1, -0.05) is 0 Å². The van der Waals surface area contributed by atoms with E-state index in [1.165, 1.54) is 4.88 Å². The van der Waals surface area contributed by atoms with Crippen molar-refractivity contribution >= 4 is 16.3 Å². The van der Waals surface area contributed by atoms with Crippen LogP contribution in [0.25, 0.3) is 4.96 Å². The van der Waals surface area contributed by atoms with E-state index in [0.29, 0.717) is 13.1 Å². The zero-order valence-corrected chi connectivity index (χ0v) is 10.8. The molecule has 6 heteroatoms. The predicted molar refractivity (Wildman–Crippen MR) is 67.3 cm³/mol. The van der Waals surface area contributed by atoms with E-state index in [0.717, 1.165) is 16.3 Å². The number of hydrogen-bond donors (Lipinski definition) is 3. The zero-order chi connectivity index (χ0) is 12.4. The standard InChI is InChI=1S/C11H17N3O2S/c1-7-5-14-10(4-12-3-9(16)6-15)8(2)13-11(14)17-7/h5,9,12,15-16H,3-4,6H2,1-2H3. The first-order chi connectivity index (χ1) is 8.11. The van der Waals surface area contributed by atoms with Crippen LogP contribution in [-0.2, 0) is 6.54 Å². The van der Waals surface area contributed by atoms with Crippen molar-refractivity contribution in [3.05, 3.63) is 22.5 Å². The summed E-state index contributed by atoms with van der Waals surface area (Å²) < 4.78 is 2.08. The zero-order valence-electron chi connectivity index (χ0n) is 9.97. The molecule has 2 aromatic rings. The lowest BCUT2D eigenvalue weighted by Gasteiger charge is -2.08. The van der Waals surface area contributed by atoms with Crippen LogP contribution in [0.4, 0.5) is 0 Å². The van der Waals surface area contributed by atoms with Crippen molar-refractivity contribution in [3.63, 3.8) is 0 Å². The second-order valence-corrected chi connectivity index (χ2v) is 5.32. The number of imidazole rings is 1. The smallest absolute Gasteiger partial charge is 0.194 e. The summed E-state index contributed by atoms with van der Waals surface area (Å²) in [7, 11) is 0. The van der Waals surface area contributed by atoms with Gasteiger partial charge in [-0.15, -0.1) is 11.3 Å². The molecule has 0 aliphatic carbocycles. The number of nitrogens with one attached hydrogen (secondary N) is 1. The summed E-state index contributed by atoms with van der Waals surface area (Å²) in [5, 5.41) is 21.1. The lowest BCUT2D eigenvalue weighted by molar-refractivity contribution is 0.0941. The van der Waals surface area contributed by atoms with Gasteiger partial charge in [-0.05, 0) is 13.8 Å². The Morgan fingerprint density at radius 1 is 1.53 bits per heavy atom. The minimum atomic E-state index is -0.706. The Morgan fingerprint density at radius 3 is 3.00 bits per heavy atom. The predicted octanol–water partition coefficient (Wildman–Crippen LogP) is 0.455. The first-order valence-electron chi connectivity index (χ1n) is 5.55. The van der Waals surface area contributed by atoms with E-state index < -0.39 is 6.10 Å². The monoisotopic (exact) mass is 255 g/mol. The number of thiazole rings is 1. The molecule has 0 aliphatic heterocycles. The van der Waals surface area contributed by atoms with E-state index in [4.69, 9.17) is 5.11 Å². The third-order valence-electron chi connectivity index (χ3n) is 2.62. The molecular weight excluding hydrogens is 238 g/mol. The van der Waals surface area contributed by atoms with Gasteiger partial charge in [-0.3, -0.25) is 4.40 Å². The maximum Gasteiger partial charge on any atom is 0.194 e. The molecule has 2 heterocycles. The van der Waals surface area contributed by atoms with Crippen molar-refractivity contribution in [2.75, 3.05) is 13.2 Å². The molecule has 5 nitrogen and oxygen atoms in total. The van der Waals surface area contributed by atoms with Gasteiger partial charge >= 0.3 is 0 Å². The lowest BCUT2D eigenvalue weighted by Crippen LogP contribution is -2.29. The molecule has 0 fully saturated rings. The molecule has 0 bridgehead atoms. The molecule has 0 aromatic carbocycles. The van der Waals surface area contributed by atoms with Crippen molar-refractivity contribution in [3.8, 4) is 0 Å². The van der Waals surface area contributed by atoms with Gasteiger partial charge in [0.25, 0.3) is 0 Å². The van der Waals surface area contributed by atoms with Crippen molar-refractivity contribution in [2.45, 2.75) is 26.5 Å². The van der Waals surface area contributed by atoms with Gasteiger partial charge in [0, 0.05) is 24.2 Å². The summed E-state index contributed by atoms with van der Waals surface area (Å²) in [5.74, 6) is 0. The van der Waals surface area contributed by atoms with E-state index >= 15 is 0 Å². The Morgan fingerprint density at radius 2 is 2.29 bits per heavy atom. The molecule has 0 radical (unpaired) electrons. The SMILES string of the molecule is Cc1cn2c(CNCC(O)CO)c(C)nc2s1. The number of aryl methyl sites for hydroxylation is 2. The van der Waals surface area contributed by atoms with Gasteiger partial charge in [-0.25, -0.2) is 4.98 Å². The normalized spacial score (nSPS) is 13.4. The van der Waals surface area contributed by atoms with Crippen LogP contribution in [0.2, 0.25) is 0 Å². The first kappa shape index (κ1) is 12.5. The summed E-state index contributed by atoms with van der Waals surface area (Å²) in [6.45, 7) is 4.84. The van der Waals surface area contributed by atoms with Gasteiger partial charge in [0.05, 0.1) is 24.1 Å². The Bertz CT molecular complexity index is 506. The number of fused-ring (bicyclic) bond motifs is 1. The molecule has 0 aliphatic rings. The maximum absolute atomic E-state index is 9.24. The molecule has 0 saturated carbocycles. The van der Waals surface area contributed by atoms with E-state index in [1.807, 2.05) is 6.92 Å². The Balaban J connectivity index is 2.09. The molecule has 3 N–H and O–H groups in total. The number of rotatable bonds is 5. The lowest BCUT2D eigenvalue weighted by atomic mass is 10.3. The third kappa shape index (κ3) is 2.66. The highest BCUT2D eigenvalue weighted by Crippen LogP contribution is 2.20. The number of aliphatic hydroxyl groups is 2. The topological polar surface area (TPSA) is 69.8 Å². The van der Waals surface area contributed by atoms with Crippen molar-refractivity contribution in [2.24, 2.45) is 0 Å². The van der Waals surface area contributed by atoms with Crippen LogP contribution < -0.4 is 5.32 Å². The Hall–Kier alpha value is -0.950. The van der Waals surface area contributed by atoms with Crippen molar-refractivity contribution < 1.29 is 10.2 Å². The fraction of sp³-hybridized carbons (Fsp3) is 0.545. The maximum atomic E-state index is 9.24. The first-order valence-corrected chi connectivity index (χ1v) is 6.37. The molecule has 94 valence electrons. The average Bonchev–Trinajstić information content (AvgIpc) is 2.76. The summed E-state index contributed by atoms with van der Waals surface area (Å²) in [6, 6.07) is 0. The molecule has 1 atom stereocenters. The van der Waals surface area contributed by atoms with E-state index in [2.05, 4.69) is 27.8 Å². The van der Waals surface area contributed by atoms with Crippen LogP contribution in [0.5, 0.6) is 0 Å². The number of hydrogen-bond acceptors (Lipinski definition) is 5. The fourth-order valence-electron chi connectivity index (χ4n) is 1.74. The van der Waals surface area contributed by atoms with Gasteiger partial charge in [-0.2, -0.15) is 0 Å². The minimum absolute atomic E-state index is 0.217. The van der Waals surface area contributed by atoms with Crippen LogP contribution in [0.1, 0.15) is 16.3 Å². The largest absolute Gasteiger partial charge is 0.394 e. The van der Waals surface area contributed by atoms with E-state index in [1.54, 1.807) is 11.3 Å². The highest BCUT2D eigenvalue weighted by molar-refractivity contribution is 7.17. The fourth-order valence-corrected chi connectivity index (χ4v) is 2.63. The van der Waals surface area contributed by atoms with Gasteiger partial charge < -0.3 is 15.5 Å². The van der Waals surface area contributed by atoms with Gasteiger partial charge in [0.2, 0.25) is 0 Å². The van der Waals surface area contributed by atoms with Crippen LogP contribution in [0, 0.1) is 13.8 Å². The molecule has 17 heavy (non-hydrogen) atoms. The van der Waals surface area contributed by atoms with Gasteiger partial charge in [0.1, 0.15) is 0 Å². The molecular formula is C11H17N3O2S. The Labute approximate surface area is 104 Å². The summed E-state index contributed by atoms with van der Waals surface area (Å²) in [5.41, 5.74) is 2.11. The van der Waals surface area contributed by atoms with Gasteiger partial charge in [0.15, 0.2) is 4.96 Å². The minimum Gasteiger partial charge on any atom is -0.394 e. The molecule has 2 aromatic heterocycles. The highest BCUT2D eigenvalue weighted by atomic mass is 32.1.